The van der Waals surface area contributed by atoms with Crippen molar-refractivity contribution in [2.45, 2.75) is 20.8 Å². The van der Waals surface area contributed by atoms with Crippen LogP contribution in [0.4, 0.5) is 10.7 Å². The van der Waals surface area contributed by atoms with Gasteiger partial charge in [-0.05, 0) is 50.1 Å². The molecule has 0 fully saturated rings. The molecule has 0 atom stereocenters. The van der Waals surface area contributed by atoms with Crippen LogP contribution >= 0.6 is 11.3 Å². The zero-order valence-electron chi connectivity index (χ0n) is 18.3. The molecule has 166 valence electrons. The van der Waals surface area contributed by atoms with E-state index in [4.69, 9.17) is 9.47 Å². The summed E-state index contributed by atoms with van der Waals surface area (Å²) in [6.45, 7) is 5.24. The number of carbonyl (C=O) groups excluding carboxylic acids is 3. The number of esters is 1. The lowest BCUT2D eigenvalue weighted by molar-refractivity contribution is -0.118. The Morgan fingerprint density at radius 1 is 0.938 bits per heavy atom. The van der Waals surface area contributed by atoms with E-state index in [1.165, 1.54) is 7.11 Å². The van der Waals surface area contributed by atoms with Gasteiger partial charge in [0.25, 0.3) is 11.8 Å². The lowest BCUT2D eigenvalue weighted by atomic mass is 10.1. The van der Waals surface area contributed by atoms with E-state index in [-0.39, 0.29) is 23.1 Å². The predicted molar refractivity (Wildman–Crippen MR) is 125 cm³/mol. The summed E-state index contributed by atoms with van der Waals surface area (Å²) in [6.07, 6.45) is 0. The summed E-state index contributed by atoms with van der Waals surface area (Å²) in [5.41, 5.74) is 3.18. The Balaban J connectivity index is 1.79. The highest BCUT2D eigenvalue weighted by atomic mass is 32.1. The number of anilines is 2. The van der Waals surface area contributed by atoms with Crippen LogP contribution in [0.5, 0.6) is 5.75 Å². The van der Waals surface area contributed by atoms with Crippen LogP contribution < -0.4 is 15.4 Å². The number of amides is 2. The van der Waals surface area contributed by atoms with Crippen molar-refractivity contribution < 1.29 is 23.9 Å². The highest BCUT2D eigenvalue weighted by molar-refractivity contribution is 7.18. The van der Waals surface area contributed by atoms with Crippen molar-refractivity contribution in [2.75, 3.05) is 24.4 Å². The SMILES string of the molecule is COC(=O)c1c(NC(=O)COc2ccccc2C)sc(C(=O)Nc2ccc(C)cc2)c1C. The maximum Gasteiger partial charge on any atom is 0.341 e. The average Bonchev–Trinajstić information content (AvgIpc) is 3.10. The summed E-state index contributed by atoms with van der Waals surface area (Å²) in [6, 6.07) is 14.7. The number of hydrogen-bond acceptors (Lipinski definition) is 6. The van der Waals surface area contributed by atoms with E-state index in [0.717, 1.165) is 22.5 Å². The van der Waals surface area contributed by atoms with Crippen molar-refractivity contribution in [3.8, 4) is 5.75 Å². The Bertz CT molecular complexity index is 1150. The molecule has 3 aromatic rings. The van der Waals surface area contributed by atoms with Crippen LogP contribution in [-0.4, -0.2) is 31.5 Å². The third kappa shape index (κ3) is 5.33. The van der Waals surface area contributed by atoms with Crippen molar-refractivity contribution in [1.82, 2.24) is 0 Å². The van der Waals surface area contributed by atoms with E-state index >= 15 is 0 Å². The lowest BCUT2D eigenvalue weighted by Crippen LogP contribution is -2.21. The molecule has 7 nitrogen and oxygen atoms in total. The number of rotatable bonds is 7. The van der Waals surface area contributed by atoms with Crippen molar-refractivity contribution in [2.24, 2.45) is 0 Å². The van der Waals surface area contributed by atoms with E-state index in [0.29, 0.717) is 21.9 Å². The Hall–Kier alpha value is -3.65. The first-order valence-electron chi connectivity index (χ1n) is 9.88. The van der Waals surface area contributed by atoms with Gasteiger partial charge in [0.15, 0.2) is 6.61 Å². The Kier molecular flexibility index (Phi) is 7.27. The molecule has 0 aliphatic heterocycles. The van der Waals surface area contributed by atoms with Gasteiger partial charge in [0.1, 0.15) is 10.8 Å². The molecule has 32 heavy (non-hydrogen) atoms. The number of aryl methyl sites for hydroxylation is 2. The van der Waals surface area contributed by atoms with Gasteiger partial charge >= 0.3 is 5.97 Å². The number of nitrogens with one attached hydrogen (secondary N) is 2. The van der Waals surface area contributed by atoms with Gasteiger partial charge < -0.3 is 20.1 Å². The zero-order valence-corrected chi connectivity index (χ0v) is 19.1. The number of carbonyl (C=O) groups is 3. The van der Waals surface area contributed by atoms with Gasteiger partial charge in [0.05, 0.1) is 17.6 Å². The molecular formula is C24H24N2O5S. The molecule has 0 radical (unpaired) electrons. The molecule has 0 aliphatic carbocycles. The second-order valence-corrected chi connectivity index (χ2v) is 8.20. The lowest BCUT2D eigenvalue weighted by Gasteiger charge is -2.09. The summed E-state index contributed by atoms with van der Waals surface area (Å²) in [4.78, 5) is 38.0. The first kappa shape index (κ1) is 23.0. The molecule has 0 bridgehead atoms. The molecule has 1 aromatic heterocycles. The van der Waals surface area contributed by atoms with Gasteiger partial charge in [-0.25, -0.2) is 4.79 Å². The van der Waals surface area contributed by atoms with Gasteiger partial charge in [-0.15, -0.1) is 11.3 Å². The van der Waals surface area contributed by atoms with Gasteiger partial charge in [-0.3, -0.25) is 9.59 Å². The van der Waals surface area contributed by atoms with Crippen LogP contribution in [0.3, 0.4) is 0 Å². The quantitative estimate of drug-likeness (QED) is 0.506. The van der Waals surface area contributed by atoms with E-state index in [9.17, 15) is 14.4 Å². The minimum absolute atomic E-state index is 0.149. The van der Waals surface area contributed by atoms with Gasteiger partial charge in [-0.2, -0.15) is 0 Å². The third-order valence-electron chi connectivity index (χ3n) is 4.76. The molecule has 8 heteroatoms. The first-order chi connectivity index (χ1) is 15.3. The average molecular weight is 453 g/mol. The van der Waals surface area contributed by atoms with Crippen molar-refractivity contribution >= 4 is 39.8 Å². The predicted octanol–water partition coefficient (Wildman–Crippen LogP) is 4.73. The maximum atomic E-state index is 12.8. The van der Waals surface area contributed by atoms with Crippen molar-refractivity contribution in [3.63, 3.8) is 0 Å². The number of hydrogen-bond donors (Lipinski definition) is 2. The third-order valence-corrected chi connectivity index (χ3v) is 5.96. The molecule has 0 unspecified atom stereocenters. The van der Waals surface area contributed by atoms with E-state index in [2.05, 4.69) is 10.6 Å². The van der Waals surface area contributed by atoms with Gasteiger partial charge in [0, 0.05) is 5.69 Å². The summed E-state index contributed by atoms with van der Waals surface area (Å²) in [5, 5.41) is 5.73. The van der Waals surface area contributed by atoms with Gasteiger partial charge in [0.2, 0.25) is 0 Å². The fourth-order valence-electron chi connectivity index (χ4n) is 3.02. The van der Waals surface area contributed by atoms with Crippen LogP contribution in [0.25, 0.3) is 0 Å². The van der Waals surface area contributed by atoms with E-state index in [1.807, 2.05) is 44.2 Å². The molecule has 0 spiro atoms. The van der Waals surface area contributed by atoms with E-state index in [1.54, 1.807) is 25.1 Å². The monoisotopic (exact) mass is 452 g/mol. The highest BCUT2D eigenvalue weighted by Gasteiger charge is 2.26. The number of methoxy groups -OCH3 is 1. The molecule has 0 saturated heterocycles. The molecule has 0 aliphatic rings. The fourth-order valence-corrected chi connectivity index (χ4v) is 4.12. The van der Waals surface area contributed by atoms with Crippen LogP contribution in [0.2, 0.25) is 0 Å². The second-order valence-electron chi connectivity index (χ2n) is 7.17. The maximum absolute atomic E-state index is 12.8. The smallest absolute Gasteiger partial charge is 0.341 e. The second kappa shape index (κ2) is 10.1. The number of para-hydroxylation sites is 1. The minimum Gasteiger partial charge on any atom is -0.483 e. The Morgan fingerprint density at radius 2 is 1.62 bits per heavy atom. The van der Waals surface area contributed by atoms with Crippen LogP contribution in [-0.2, 0) is 9.53 Å². The van der Waals surface area contributed by atoms with E-state index < -0.39 is 11.9 Å². The molecule has 2 N–H and O–H groups in total. The normalized spacial score (nSPS) is 10.4. The Morgan fingerprint density at radius 3 is 2.28 bits per heavy atom. The van der Waals surface area contributed by atoms with Gasteiger partial charge in [-0.1, -0.05) is 35.9 Å². The Labute approximate surface area is 190 Å². The summed E-state index contributed by atoms with van der Waals surface area (Å²) >= 11 is 1.01. The topological polar surface area (TPSA) is 93.7 Å². The number of thiophene rings is 1. The molecule has 2 aromatic carbocycles. The van der Waals surface area contributed by atoms with Crippen molar-refractivity contribution in [1.29, 1.82) is 0 Å². The molecule has 1 heterocycles. The fraction of sp³-hybridized carbons (Fsp3) is 0.208. The summed E-state index contributed by atoms with van der Waals surface area (Å²) in [7, 11) is 1.25. The number of benzene rings is 2. The van der Waals surface area contributed by atoms with Crippen LogP contribution in [0, 0.1) is 20.8 Å². The standard InChI is InChI=1S/C24H24N2O5S/c1-14-9-11-17(12-10-14)25-22(28)21-16(3)20(24(29)30-4)23(32-21)26-19(27)13-31-18-8-6-5-7-15(18)2/h5-12H,13H2,1-4H3,(H,25,28)(H,26,27). The first-order valence-corrected chi connectivity index (χ1v) is 10.7. The van der Waals surface area contributed by atoms with Crippen LogP contribution in [0.1, 0.15) is 36.7 Å². The molecule has 0 saturated carbocycles. The summed E-state index contributed by atoms with van der Waals surface area (Å²) < 4.78 is 10.4. The highest BCUT2D eigenvalue weighted by Crippen LogP contribution is 2.34. The minimum atomic E-state index is -0.636. The molecule has 2 amide bonds. The van der Waals surface area contributed by atoms with Crippen LogP contribution in [0.15, 0.2) is 48.5 Å². The molecular weight excluding hydrogens is 428 g/mol. The number of ether oxygens (including phenoxy) is 2. The zero-order chi connectivity index (χ0) is 23.3. The largest absolute Gasteiger partial charge is 0.483 e. The summed E-state index contributed by atoms with van der Waals surface area (Å²) in [5.74, 6) is -0.872. The molecule has 3 rings (SSSR count). The van der Waals surface area contributed by atoms with Crippen molar-refractivity contribution in [3.05, 3.63) is 75.7 Å².